The van der Waals surface area contributed by atoms with E-state index in [0.29, 0.717) is 5.95 Å². The molecule has 1 aliphatic rings. The fraction of sp³-hybridized carbons (Fsp3) is 0.0213. The number of nitrogens with zero attached hydrogens (tertiary/aromatic N) is 4. The maximum atomic E-state index is 5.36. The van der Waals surface area contributed by atoms with Crippen LogP contribution in [0.2, 0.25) is 0 Å². The van der Waals surface area contributed by atoms with Crippen LogP contribution in [0.15, 0.2) is 170 Å². The minimum absolute atomic E-state index is 0.692. The fourth-order valence-corrected chi connectivity index (χ4v) is 8.27. The molecule has 3 heterocycles. The molecule has 0 saturated heterocycles. The first-order valence-electron chi connectivity index (χ1n) is 17.5. The van der Waals surface area contributed by atoms with Crippen LogP contribution in [0.3, 0.4) is 0 Å². The summed E-state index contributed by atoms with van der Waals surface area (Å²) < 4.78 is 4.63. The van der Waals surface area contributed by atoms with E-state index in [2.05, 4.69) is 179 Å². The van der Waals surface area contributed by atoms with Gasteiger partial charge >= 0.3 is 0 Å². The first kappa shape index (κ1) is 28.1. The van der Waals surface area contributed by atoms with Gasteiger partial charge in [-0.3, -0.25) is 4.57 Å². The Kier molecular flexibility index (Phi) is 5.98. The lowest BCUT2D eigenvalue weighted by molar-refractivity contribution is 0.985. The van der Waals surface area contributed by atoms with Gasteiger partial charge in [0, 0.05) is 50.3 Å². The molecule has 0 N–H and O–H groups in total. The average Bonchev–Trinajstić information content (AvgIpc) is 3.85. The van der Waals surface area contributed by atoms with Gasteiger partial charge in [-0.15, -0.1) is 0 Å². The molecule has 1 aliphatic carbocycles. The van der Waals surface area contributed by atoms with Crippen molar-refractivity contribution in [1.82, 2.24) is 19.1 Å². The third-order valence-corrected chi connectivity index (χ3v) is 10.6. The van der Waals surface area contributed by atoms with Gasteiger partial charge in [-0.05, 0) is 59.2 Å². The maximum Gasteiger partial charge on any atom is 0.235 e. The Bertz CT molecular complexity index is 2990. The predicted molar refractivity (Wildman–Crippen MR) is 210 cm³/mol. The number of para-hydroxylation sites is 3. The van der Waals surface area contributed by atoms with Crippen molar-refractivity contribution in [1.29, 1.82) is 0 Å². The Morgan fingerprint density at radius 1 is 0.392 bits per heavy atom. The molecule has 3 aromatic heterocycles. The molecular weight excluding hydrogens is 621 g/mol. The lowest BCUT2D eigenvalue weighted by Crippen LogP contribution is -2.05. The minimum atomic E-state index is 0.692. The molecule has 0 radical (unpaired) electrons. The number of hydrogen-bond acceptors (Lipinski definition) is 2. The molecule has 51 heavy (non-hydrogen) atoms. The fourth-order valence-electron chi connectivity index (χ4n) is 8.27. The van der Waals surface area contributed by atoms with Crippen LogP contribution < -0.4 is 0 Å². The van der Waals surface area contributed by atoms with Gasteiger partial charge in [-0.1, -0.05) is 127 Å². The number of aromatic nitrogens is 4. The predicted octanol–water partition coefficient (Wildman–Crippen LogP) is 11.6. The Hall–Kier alpha value is -6.78. The second kappa shape index (κ2) is 10.9. The van der Waals surface area contributed by atoms with E-state index in [-0.39, 0.29) is 0 Å². The molecule has 0 atom stereocenters. The molecule has 11 rings (SSSR count). The van der Waals surface area contributed by atoms with E-state index in [1.165, 1.54) is 60.4 Å². The number of benzene rings is 7. The largest absolute Gasteiger partial charge is 0.309 e. The Morgan fingerprint density at radius 3 is 1.80 bits per heavy atom. The molecular formula is C47H30N4. The normalized spacial score (nSPS) is 12.2. The average molecular weight is 651 g/mol. The Morgan fingerprint density at radius 2 is 0.980 bits per heavy atom. The van der Waals surface area contributed by atoms with Gasteiger partial charge in [-0.2, -0.15) is 0 Å². The summed E-state index contributed by atoms with van der Waals surface area (Å²) in [6.07, 6.45) is 0.833. The third-order valence-electron chi connectivity index (χ3n) is 10.6. The van der Waals surface area contributed by atoms with Crippen molar-refractivity contribution in [3.05, 3.63) is 181 Å². The van der Waals surface area contributed by atoms with E-state index in [1.54, 1.807) is 0 Å². The van der Waals surface area contributed by atoms with Crippen LogP contribution in [-0.2, 0) is 6.42 Å². The van der Waals surface area contributed by atoms with Crippen LogP contribution in [0.5, 0.6) is 0 Å². The monoisotopic (exact) mass is 650 g/mol. The van der Waals surface area contributed by atoms with Gasteiger partial charge in [-0.25, -0.2) is 9.97 Å². The van der Waals surface area contributed by atoms with Gasteiger partial charge in [0.25, 0.3) is 0 Å². The van der Waals surface area contributed by atoms with Crippen LogP contribution in [0.25, 0.3) is 88.9 Å². The van der Waals surface area contributed by atoms with Gasteiger partial charge in [0.05, 0.1) is 33.5 Å². The van der Waals surface area contributed by atoms with E-state index < -0.39 is 0 Å². The summed E-state index contributed by atoms with van der Waals surface area (Å²) in [5, 5.41) is 4.87. The highest BCUT2D eigenvalue weighted by molar-refractivity contribution is 6.12. The van der Waals surface area contributed by atoms with E-state index >= 15 is 0 Å². The molecule has 0 bridgehead atoms. The second-order valence-corrected chi connectivity index (χ2v) is 13.4. The molecule has 238 valence electrons. The molecule has 0 spiro atoms. The van der Waals surface area contributed by atoms with Gasteiger partial charge in [0.2, 0.25) is 5.95 Å². The summed E-state index contributed by atoms with van der Waals surface area (Å²) >= 11 is 0. The van der Waals surface area contributed by atoms with Crippen LogP contribution in [0, 0.1) is 0 Å². The maximum absolute atomic E-state index is 5.36. The van der Waals surface area contributed by atoms with Crippen LogP contribution in [-0.4, -0.2) is 19.1 Å². The van der Waals surface area contributed by atoms with Gasteiger partial charge < -0.3 is 4.57 Å². The van der Waals surface area contributed by atoms with Crippen molar-refractivity contribution < 1.29 is 0 Å². The van der Waals surface area contributed by atoms with E-state index in [9.17, 15) is 0 Å². The van der Waals surface area contributed by atoms with Gasteiger partial charge in [0.15, 0.2) is 0 Å². The van der Waals surface area contributed by atoms with Gasteiger partial charge in [0.1, 0.15) is 0 Å². The van der Waals surface area contributed by atoms with E-state index in [1.807, 2.05) is 0 Å². The zero-order chi connectivity index (χ0) is 33.5. The SMILES string of the molecule is c1ccc(-c2nc(-n3c4ccccc4c4cc(-c5ccc6c7ccccc7n(-c7ccccc7)c6c5)ccc43)nc3c2Cc2ccccc2-3)cc1. The van der Waals surface area contributed by atoms with E-state index in [0.717, 1.165) is 40.1 Å². The Labute approximate surface area is 294 Å². The van der Waals surface area contributed by atoms with Crippen molar-refractivity contribution in [3.63, 3.8) is 0 Å². The molecule has 0 amide bonds. The molecule has 10 aromatic rings. The molecule has 0 aliphatic heterocycles. The first-order valence-corrected chi connectivity index (χ1v) is 17.5. The first-order chi connectivity index (χ1) is 25.3. The molecule has 4 heteroatoms. The lowest BCUT2D eigenvalue weighted by atomic mass is 10.0. The summed E-state index contributed by atoms with van der Waals surface area (Å²) in [5.41, 5.74) is 14.9. The minimum Gasteiger partial charge on any atom is -0.309 e. The zero-order valence-corrected chi connectivity index (χ0v) is 27.7. The summed E-state index contributed by atoms with van der Waals surface area (Å²) in [6.45, 7) is 0. The number of hydrogen-bond donors (Lipinski definition) is 0. The van der Waals surface area contributed by atoms with Crippen LogP contribution in [0.1, 0.15) is 11.1 Å². The Balaban J connectivity index is 1.13. The smallest absolute Gasteiger partial charge is 0.235 e. The van der Waals surface area contributed by atoms with Crippen LogP contribution >= 0.6 is 0 Å². The topological polar surface area (TPSA) is 35.6 Å². The zero-order valence-electron chi connectivity index (χ0n) is 27.7. The highest BCUT2D eigenvalue weighted by Gasteiger charge is 2.27. The molecule has 0 saturated carbocycles. The van der Waals surface area contributed by atoms with E-state index in [4.69, 9.17) is 9.97 Å². The third kappa shape index (κ3) is 4.20. The second-order valence-electron chi connectivity index (χ2n) is 13.4. The summed E-state index contributed by atoms with van der Waals surface area (Å²) in [7, 11) is 0. The quantitative estimate of drug-likeness (QED) is 0.190. The summed E-state index contributed by atoms with van der Waals surface area (Å²) in [5.74, 6) is 0.692. The van der Waals surface area contributed by atoms with Crippen molar-refractivity contribution in [3.8, 4) is 45.3 Å². The van der Waals surface area contributed by atoms with Crippen molar-refractivity contribution in [2.45, 2.75) is 6.42 Å². The van der Waals surface area contributed by atoms with Crippen molar-refractivity contribution in [2.75, 3.05) is 0 Å². The molecule has 0 unspecified atom stereocenters. The summed E-state index contributed by atoms with van der Waals surface area (Å²) in [6, 6.07) is 60.9. The highest BCUT2D eigenvalue weighted by Crippen LogP contribution is 2.42. The van der Waals surface area contributed by atoms with Crippen molar-refractivity contribution in [2.24, 2.45) is 0 Å². The molecule has 7 aromatic carbocycles. The molecule has 4 nitrogen and oxygen atoms in total. The number of fused-ring (bicyclic) bond motifs is 9. The van der Waals surface area contributed by atoms with Crippen LogP contribution in [0.4, 0.5) is 0 Å². The molecule has 0 fully saturated rings. The number of rotatable bonds is 4. The standard InChI is InChI=1S/C47H30N4/c1-3-13-30(14-4-1)45-40-28-33-15-7-8-18-35(33)46(40)49-47(48-45)51-42-22-12-10-20-37(42)39-27-31(24-26-43(39)51)32-23-25-38-36-19-9-11-21-41(36)50(44(38)29-32)34-16-5-2-6-17-34/h1-27,29H,28H2. The lowest BCUT2D eigenvalue weighted by Gasteiger charge is -2.13. The summed E-state index contributed by atoms with van der Waals surface area (Å²) in [4.78, 5) is 10.7. The highest BCUT2D eigenvalue weighted by atomic mass is 15.2. The van der Waals surface area contributed by atoms with Crippen molar-refractivity contribution >= 4 is 43.6 Å².